The first kappa shape index (κ1) is 20.4. The fraction of sp³-hybridized carbons (Fsp3) is 0.292. The number of esters is 1. The predicted molar refractivity (Wildman–Crippen MR) is 118 cm³/mol. The summed E-state index contributed by atoms with van der Waals surface area (Å²) in [5.74, 6) is 0.350. The molecule has 0 aliphatic carbocycles. The van der Waals surface area contributed by atoms with Crippen molar-refractivity contribution < 1.29 is 9.53 Å². The maximum atomic E-state index is 12.3. The van der Waals surface area contributed by atoms with Crippen LogP contribution in [-0.2, 0) is 9.53 Å². The van der Waals surface area contributed by atoms with E-state index in [-0.39, 0.29) is 11.9 Å². The molecule has 0 aliphatic rings. The van der Waals surface area contributed by atoms with Gasteiger partial charge in [0.1, 0.15) is 0 Å². The van der Waals surface area contributed by atoms with E-state index in [0.29, 0.717) is 12.4 Å². The molecular weight excluding hydrogens is 366 g/mol. The highest BCUT2D eigenvalue weighted by molar-refractivity contribution is 8.00. The summed E-state index contributed by atoms with van der Waals surface area (Å²) in [6.07, 6.45) is 0.945. The number of fused-ring (bicyclic) bond motifs is 1. The van der Waals surface area contributed by atoms with Crippen molar-refractivity contribution in [2.24, 2.45) is 0 Å². The molecule has 3 aromatic rings. The summed E-state index contributed by atoms with van der Waals surface area (Å²) in [5.41, 5.74) is 1.25. The number of rotatable bonds is 9. The summed E-state index contributed by atoms with van der Waals surface area (Å²) in [5, 5.41) is 2.46. The van der Waals surface area contributed by atoms with Crippen LogP contribution in [0.5, 0.6) is 0 Å². The zero-order chi connectivity index (χ0) is 19.8. The van der Waals surface area contributed by atoms with Gasteiger partial charge in [-0.1, -0.05) is 60.7 Å². The van der Waals surface area contributed by atoms with E-state index in [4.69, 9.17) is 4.74 Å². The van der Waals surface area contributed by atoms with Gasteiger partial charge < -0.3 is 9.64 Å². The topological polar surface area (TPSA) is 29.5 Å². The molecule has 0 radical (unpaired) electrons. The van der Waals surface area contributed by atoms with Gasteiger partial charge >= 0.3 is 5.97 Å². The van der Waals surface area contributed by atoms with Crippen LogP contribution in [0.4, 0.5) is 0 Å². The zero-order valence-electron chi connectivity index (χ0n) is 16.5. The zero-order valence-corrected chi connectivity index (χ0v) is 17.3. The normalized spacial score (nSPS) is 12.2. The van der Waals surface area contributed by atoms with E-state index in [1.54, 1.807) is 0 Å². The van der Waals surface area contributed by atoms with Crippen molar-refractivity contribution in [2.75, 3.05) is 33.0 Å². The van der Waals surface area contributed by atoms with Crippen LogP contribution >= 0.6 is 11.8 Å². The molecule has 1 atom stereocenters. The molecule has 3 rings (SSSR count). The van der Waals surface area contributed by atoms with Crippen LogP contribution in [0.1, 0.15) is 17.9 Å². The third kappa shape index (κ3) is 5.85. The number of hydrogen-bond acceptors (Lipinski definition) is 4. The minimum atomic E-state index is -0.163. The molecule has 0 aromatic heterocycles. The highest BCUT2D eigenvalue weighted by atomic mass is 32.2. The highest BCUT2D eigenvalue weighted by Crippen LogP contribution is 2.29. The largest absolute Gasteiger partial charge is 0.464 e. The minimum absolute atomic E-state index is 0.163. The summed E-state index contributed by atoms with van der Waals surface area (Å²) < 4.78 is 5.68. The van der Waals surface area contributed by atoms with Gasteiger partial charge in [-0.05, 0) is 55.5 Å². The Morgan fingerprint density at radius 3 is 2.46 bits per heavy atom. The third-order valence-corrected chi connectivity index (χ3v) is 5.72. The lowest BCUT2D eigenvalue weighted by Gasteiger charge is -2.21. The number of carbonyl (C=O) groups excluding carboxylic acids is 1. The quantitative estimate of drug-likeness (QED) is 0.369. The van der Waals surface area contributed by atoms with Crippen LogP contribution in [-0.4, -0.2) is 43.9 Å². The Morgan fingerprint density at radius 2 is 1.68 bits per heavy atom. The Hall–Kier alpha value is -2.30. The average molecular weight is 394 g/mol. The molecule has 0 saturated carbocycles. The van der Waals surface area contributed by atoms with Gasteiger partial charge in [-0.15, -0.1) is 11.8 Å². The van der Waals surface area contributed by atoms with Gasteiger partial charge in [-0.2, -0.15) is 0 Å². The Balaban J connectivity index is 1.67. The Labute approximate surface area is 171 Å². The standard InChI is InChI=1S/C24H27NO2S/c1-25(2)16-15-20(23-14-8-10-19-9-6-7-13-22(19)23)17-27-24(26)18-28-21-11-4-3-5-12-21/h3-14,20H,15-18H2,1-2H3. The number of benzene rings is 3. The van der Waals surface area contributed by atoms with E-state index in [1.165, 1.54) is 28.1 Å². The number of carbonyl (C=O) groups is 1. The maximum absolute atomic E-state index is 12.3. The molecule has 3 aromatic carbocycles. The van der Waals surface area contributed by atoms with E-state index in [2.05, 4.69) is 61.5 Å². The van der Waals surface area contributed by atoms with E-state index in [9.17, 15) is 4.79 Å². The maximum Gasteiger partial charge on any atom is 0.316 e. The lowest BCUT2D eigenvalue weighted by Crippen LogP contribution is -2.20. The summed E-state index contributed by atoms with van der Waals surface area (Å²) in [6, 6.07) is 24.7. The van der Waals surface area contributed by atoms with Crippen molar-refractivity contribution in [3.05, 3.63) is 78.4 Å². The number of ether oxygens (including phenoxy) is 1. The van der Waals surface area contributed by atoms with Gasteiger partial charge in [0.15, 0.2) is 0 Å². The molecular formula is C24H27NO2S. The van der Waals surface area contributed by atoms with Crippen molar-refractivity contribution in [3.8, 4) is 0 Å². The molecule has 28 heavy (non-hydrogen) atoms. The molecule has 0 heterocycles. The van der Waals surface area contributed by atoms with E-state index in [0.717, 1.165) is 17.9 Å². The highest BCUT2D eigenvalue weighted by Gasteiger charge is 2.17. The Kier molecular flexibility index (Phi) is 7.52. The average Bonchev–Trinajstić information content (AvgIpc) is 2.72. The summed E-state index contributed by atoms with van der Waals surface area (Å²) >= 11 is 1.51. The van der Waals surface area contributed by atoms with Gasteiger partial charge in [0.2, 0.25) is 0 Å². The second-order valence-electron chi connectivity index (χ2n) is 7.14. The Morgan fingerprint density at radius 1 is 0.964 bits per heavy atom. The van der Waals surface area contributed by atoms with Crippen LogP contribution in [0.25, 0.3) is 10.8 Å². The van der Waals surface area contributed by atoms with Gasteiger partial charge in [0, 0.05) is 10.8 Å². The molecule has 0 fully saturated rings. The summed E-state index contributed by atoms with van der Waals surface area (Å²) in [4.78, 5) is 15.6. The van der Waals surface area contributed by atoms with Crippen LogP contribution in [0.15, 0.2) is 77.7 Å². The molecule has 1 unspecified atom stereocenters. The molecule has 4 heteroatoms. The lowest BCUT2D eigenvalue weighted by atomic mass is 9.91. The smallest absolute Gasteiger partial charge is 0.316 e. The van der Waals surface area contributed by atoms with Crippen LogP contribution in [0.3, 0.4) is 0 Å². The second kappa shape index (κ2) is 10.3. The SMILES string of the molecule is CN(C)CCC(COC(=O)CSc1ccccc1)c1cccc2ccccc12. The van der Waals surface area contributed by atoms with Gasteiger partial charge in [0.25, 0.3) is 0 Å². The van der Waals surface area contributed by atoms with Gasteiger partial charge in [-0.3, -0.25) is 4.79 Å². The first-order valence-corrected chi connectivity index (χ1v) is 10.6. The lowest BCUT2D eigenvalue weighted by molar-refractivity contribution is -0.141. The van der Waals surface area contributed by atoms with Crippen molar-refractivity contribution in [1.29, 1.82) is 0 Å². The molecule has 0 amide bonds. The molecule has 0 spiro atoms. The first-order valence-electron chi connectivity index (χ1n) is 9.59. The van der Waals surface area contributed by atoms with Crippen molar-refractivity contribution in [2.45, 2.75) is 17.2 Å². The molecule has 0 aliphatic heterocycles. The van der Waals surface area contributed by atoms with Crippen LogP contribution < -0.4 is 0 Å². The van der Waals surface area contributed by atoms with Crippen molar-refractivity contribution in [1.82, 2.24) is 4.90 Å². The van der Waals surface area contributed by atoms with E-state index in [1.807, 2.05) is 30.3 Å². The van der Waals surface area contributed by atoms with Crippen molar-refractivity contribution >= 4 is 28.5 Å². The number of nitrogens with zero attached hydrogens (tertiary/aromatic N) is 1. The minimum Gasteiger partial charge on any atom is -0.464 e. The molecule has 0 saturated heterocycles. The van der Waals surface area contributed by atoms with Crippen LogP contribution in [0.2, 0.25) is 0 Å². The molecule has 0 bridgehead atoms. The molecule has 3 nitrogen and oxygen atoms in total. The number of hydrogen-bond donors (Lipinski definition) is 0. The molecule has 146 valence electrons. The summed E-state index contributed by atoms with van der Waals surface area (Å²) in [7, 11) is 4.14. The second-order valence-corrected chi connectivity index (χ2v) is 8.19. The molecule has 0 N–H and O–H groups in total. The van der Waals surface area contributed by atoms with E-state index >= 15 is 0 Å². The Bertz CT molecular complexity index is 890. The fourth-order valence-electron chi connectivity index (χ4n) is 3.24. The van der Waals surface area contributed by atoms with E-state index < -0.39 is 0 Å². The predicted octanol–water partition coefficient (Wildman–Crippen LogP) is 5.21. The van der Waals surface area contributed by atoms with Gasteiger partial charge in [-0.25, -0.2) is 0 Å². The van der Waals surface area contributed by atoms with Gasteiger partial charge in [0.05, 0.1) is 12.4 Å². The fourth-order valence-corrected chi connectivity index (χ4v) is 3.96. The number of thioether (sulfide) groups is 1. The first-order chi connectivity index (χ1) is 13.6. The summed E-state index contributed by atoms with van der Waals surface area (Å²) in [6.45, 7) is 1.36. The third-order valence-electron chi connectivity index (χ3n) is 4.73. The monoisotopic (exact) mass is 393 g/mol. The van der Waals surface area contributed by atoms with Crippen LogP contribution in [0, 0.1) is 0 Å². The van der Waals surface area contributed by atoms with Crippen molar-refractivity contribution in [3.63, 3.8) is 0 Å².